The molecule has 5 aliphatic carbocycles. The number of nitrogens with zero attached hydrogens (tertiary/aromatic N) is 1. The average molecular weight is 654 g/mol. The van der Waals surface area contributed by atoms with Crippen LogP contribution in [0, 0.1) is 62.1 Å². The van der Waals surface area contributed by atoms with Crippen molar-refractivity contribution in [2.24, 2.45) is 62.1 Å². The highest BCUT2D eigenvalue weighted by Crippen LogP contribution is 2.78. The zero-order chi connectivity index (χ0) is 34.8. The van der Waals surface area contributed by atoms with Crippen molar-refractivity contribution in [3.05, 3.63) is 12.2 Å². The Labute approximate surface area is 288 Å². The summed E-state index contributed by atoms with van der Waals surface area (Å²) in [6, 6.07) is 0. The quantitative estimate of drug-likeness (QED) is 0.178. The molecule has 0 spiro atoms. The number of carbonyl (C=O) groups excluding carboxylic acids is 1. The first kappa shape index (κ1) is 36.9. The molecule has 0 unspecified atom stereocenters. The standard InChI is InChI=1S/C42H71NO4/c1-12-25-43(11)26-13-19-42-22-16-29(28(2)3)35(42)30-14-15-32-39(8)20-18-33(47-34(44)27-37(4,5)36(45)46)38(6,7)31(39)17-21-41(32,10)40(30,9)23-24-42/h29-33,35H,2,12-27H2,1,3-11H3,(H,45,46)/t29-,30+,31-,32+,33-,35+,39-,40+,41+,42+/m0/s1. The van der Waals surface area contributed by atoms with Crippen LogP contribution in [0.15, 0.2) is 12.2 Å². The van der Waals surface area contributed by atoms with Crippen molar-refractivity contribution in [1.29, 1.82) is 0 Å². The Kier molecular flexibility index (Phi) is 10.0. The van der Waals surface area contributed by atoms with E-state index in [1.54, 1.807) is 13.8 Å². The van der Waals surface area contributed by atoms with Gasteiger partial charge in [-0.25, -0.2) is 0 Å². The minimum Gasteiger partial charge on any atom is -0.481 e. The molecule has 0 aromatic heterocycles. The van der Waals surface area contributed by atoms with Crippen LogP contribution in [0.3, 0.4) is 0 Å². The molecule has 0 bridgehead atoms. The van der Waals surface area contributed by atoms with E-state index < -0.39 is 11.4 Å². The molecule has 0 amide bonds. The van der Waals surface area contributed by atoms with Crippen molar-refractivity contribution in [2.45, 2.75) is 158 Å². The largest absolute Gasteiger partial charge is 0.481 e. The summed E-state index contributed by atoms with van der Waals surface area (Å²) in [5.74, 6) is 2.08. The van der Waals surface area contributed by atoms with Crippen LogP contribution < -0.4 is 0 Å². The predicted octanol–water partition coefficient (Wildman–Crippen LogP) is 10.2. The summed E-state index contributed by atoms with van der Waals surface area (Å²) in [5, 5.41) is 9.59. The van der Waals surface area contributed by atoms with Gasteiger partial charge in [0.1, 0.15) is 6.10 Å². The summed E-state index contributed by atoms with van der Waals surface area (Å²) in [5.41, 5.74) is 1.54. The number of carboxylic acids is 1. The number of ether oxygens (including phenoxy) is 1. The van der Waals surface area contributed by atoms with Crippen LogP contribution in [0.5, 0.6) is 0 Å². The van der Waals surface area contributed by atoms with Crippen molar-refractivity contribution in [3.8, 4) is 0 Å². The van der Waals surface area contributed by atoms with Crippen LogP contribution in [-0.2, 0) is 14.3 Å². The fourth-order valence-electron chi connectivity index (χ4n) is 13.7. The number of rotatable bonds is 11. The molecule has 5 nitrogen and oxygen atoms in total. The van der Waals surface area contributed by atoms with E-state index in [0.717, 1.165) is 24.7 Å². The molecule has 5 aliphatic rings. The molecule has 1 N–H and O–H groups in total. The number of carbonyl (C=O) groups is 2. The Bertz CT molecular complexity index is 1210. The second-order valence-electron chi connectivity index (χ2n) is 19.7. The highest BCUT2D eigenvalue weighted by Gasteiger charge is 2.71. The predicted molar refractivity (Wildman–Crippen MR) is 192 cm³/mol. The Morgan fingerprint density at radius 1 is 0.894 bits per heavy atom. The van der Waals surface area contributed by atoms with E-state index in [9.17, 15) is 14.7 Å². The minimum atomic E-state index is -1.11. The third kappa shape index (κ3) is 5.97. The van der Waals surface area contributed by atoms with E-state index in [4.69, 9.17) is 4.74 Å². The number of fused-ring (bicyclic) bond motifs is 7. The summed E-state index contributed by atoms with van der Waals surface area (Å²) in [6.45, 7) is 27.7. The van der Waals surface area contributed by atoms with Gasteiger partial charge in [-0.15, -0.1) is 0 Å². The number of aliphatic carboxylic acids is 1. The average Bonchev–Trinajstić information content (AvgIpc) is 3.35. The van der Waals surface area contributed by atoms with Crippen LogP contribution in [0.25, 0.3) is 0 Å². The molecule has 0 aliphatic heterocycles. The molecule has 268 valence electrons. The number of carboxylic acid groups (broad SMARTS) is 1. The van der Waals surface area contributed by atoms with Gasteiger partial charge in [0.25, 0.3) is 0 Å². The fourth-order valence-corrected chi connectivity index (χ4v) is 13.7. The summed E-state index contributed by atoms with van der Waals surface area (Å²) >= 11 is 0. The zero-order valence-electron chi connectivity index (χ0n) is 32.1. The lowest BCUT2D eigenvalue weighted by Crippen LogP contribution is -2.66. The fraction of sp³-hybridized carbons (Fsp3) is 0.905. The second-order valence-corrected chi connectivity index (χ2v) is 19.7. The smallest absolute Gasteiger partial charge is 0.309 e. The molecule has 0 heterocycles. The van der Waals surface area contributed by atoms with Gasteiger partial charge in [0, 0.05) is 5.41 Å². The normalized spacial score (nSPS) is 42.5. The summed E-state index contributed by atoms with van der Waals surface area (Å²) in [7, 11) is 2.31. The molecule has 5 fully saturated rings. The van der Waals surface area contributed by atoms with Crippen molar-refractivity contribution in [2.75, 3.05) is 20.1 Å². The van der Waals surface area contributed by atoms with Gasteiger partial charge in [-0.1, -0.05) is 53.7 Å². The number of allylic oxidation sites excluding steroid dienone is 1. The second kappa shape index (κ2) is 12.8. The summed E-state index contributed by atoms with van der Waals surface area (Å²) < 4.78 is 6.19. The summed E-state index contributed by atoms with van der Waals surface area (Å²) in [4.78, 5) is 27.3. The molecule has 5 rings (SSSR count). The lowest BCUT2D eigenvalue weighted by molar-refractivity contribution is -0.250. The molecule has 5 saturated carbocycles. The molecule has 5 heteroatoms. The monoisotopic (exact) mass is 654 g/mol. The highest BCUT2D eigenvalue weighted by molar-refractivity contribution is 5.81. The van der Waals surface area contributed by atoms with Crippen LogP contribution in [-0.4, -0.2) is 48.2 Å². The Morgan fingerprint density at radius 3 is 2.23 bits per heavy atom. The van der Waals surface area contributed by atoms with Crippen LogP contribution in [0.1, 0.15) is 152 Å². The van der Waals surface area contributed by atoms with Gasteiger partial charge in [0.15, 0.2) is 0 Å². The molecule has 10 atom stereocenters. The maximum Gasteiger partial charge on any atom is 0.309 e. The van der Waals surface area contributed by atoms with Crippen LogP contribution >= 0.6 is 0 Å². The summed E-state index contributed by atoms with van der Waals surface area (Å²) in [6.07, 6.45) is 16.3. The van der Waals surface area contributed by atoms with Gasteiger partial charge >= 0.3 is 11.9 Å². The molecule has 0 radical (unpaired) electrons. The van der Waals surface area contributed by atoms with Gasteiger partial charge in [0.2, 0.25) is 0 Å². The third-order valence-electron chi connectivity index (χ3n) is 16.4. The van der Waals surface area contributed by atoms with E-state index in [1.807, 2.05) is 0 Å². The minimum absolute atomic E-state index is 0.0828. The van der Waals surface area contributed by atoms with E-state index in [-0.39, 0.29) is 29.3 Å². The van der Waals surface area contributed by atoms with E-state index in [0.29, 0.717) is 34.0 Å². The highest BCUT2D eigenvalue weighted by atomic mass is 16.5. The van der Waals surface area contributed by atoms with Gasteiger partial charge in [0.05, 0.1) is 11.8 Å². The molecule has 47 heavy (non-hydrogen) atoms. The van der Waals surface area contributed by atoms with Crippen molar-refractivity contribution >= 4 is 11.9 Å². The van der Waals surface area contributed by atoms with Gasteiger partial charge in [-0.05, 0) is 176 Å². The third-order valence-corrected chi connectivity index (χ3v) is 16.4. The lowest BCUT2D eigenvalue weighted by atomic mass is 9.32. The number of hydrogen-bond donors (Lipinski definition) is 1. The van der Waals surface area contributed by atoms with E-state index in [2.05, 4.69) is 67.0 Å². The van der Waals surface area contributed by atoms with Crippen LogP contribution in [0.4, 0.5) is 0 Å². The maximum absolute atomic E-state index is 13.1. The molecular formula is C42H71NO4. The van der Waals surface area contributed by atoms with Crippen molar-refractivity contribution in [3.63, 3.8) is 0 Å². The zero-order valence-corrected chi connectivity index (χ0v) is 32.1. The maximum atomic E-state index is 13.1. The Morgan fingerprint density at radius 2 is 1.60 bits per heavy atom. The van der Waals surface area contributed by atoms with Crippen LogP contribution in [0.2, 0.25) is 0 Å². The van der Waals surface area contributed by atoms with E-state index in [1.165, 1.54) is 89.3 Å². The molecule has 0 aromatic rings. The SMILES string of the molecule is C=C(C)[C@@H]1CC[C@]2(CCCN(C)CCC)CC[C@]3(C)[C@H](CC[C@@H]4[C@@]5(C)CC[C@H](OC(=O)CC(C)(C)C(=O)O)C(C)(C)[C@@H]5CC[C@]43C)[C@@H]12. The van der Waals surface area contributed by atoms with Gasteiger partial charge in [-0.3, -0.25) is 9.59 Å². The van der Waals surface area contributed by atoms with Gasteiger partial charge < -0.3 is 14.7 Å². The van der Waals surface area contributed by atoms with E-state index >= 15 is 0 Å². The first-order valence-electron chi connectivity index (χ1n) is 19.6. The lowest BCUT2D eigenvalue weighted by Gasteiger charge is -2.73. The molecule has 0 saturated heterocycles. The Balaban J connectivity index is 1.38. The van der Waals surface area contributed by atoms with Gasteiger partial charge in [-0.2, -0.15) is 0 Å². The Hall–Kier alpha value is -1.36. The van der Waals surface area contributed by atoms with Crippen molar-refractivity contribution in [1.82, 2.24) is 4.90 Å². The number of hydrogen-bond acceptors (Lipinski definition) is 4. The number of esters is 1. The first-order valence-corrected chi connectivity index (χ1v) is 19.6. The van der Waals surface area contributed by atoms with Crippen molar-refractivity contribution < 1.29 is 19.4 Å². The molecular weight excluding hydrogens is 582 g/mol. The topological polar surface area (TPSA) is 66.8 Å². The molecule has 0 aromatic carbocycles. The first-order chi connectivity index (χ1) is 21.8.